The summed E-state index contributed by atoms with van der Waals surface area (Å²) < 4.78 is 16.6. The molecule has 0 spiro atoms. The highest BCUT2D eigenvalue weighted by Gasteiger charge is 2.19. The quantitative estimate of drug-likeness (QED) is 0.0356. The van der Waals surface area contributed by atoms with E-state index < -0.39 is 6.10 Å². The third-order valence-electron chi connectivity index (χ3n) is 10.0. The average molecular weight is 723 g/mol. The third-order valence-corrected chi connectivity index (χ3v) is 10.0. The Morgan fingerprint density at radius 3 is 0.961 bits per heavy atom. The van der Waals surface area contributed by atoms with Crippen LogP contribution >= 0.6 is 0 Å². The first kappa shape index (κ1) is 49.4. The molecule has 0 saturated heterocycles. The molecule has 0 aliphatic heterocycles. The summed E-state index contributed by atoms with van der Waals surface area (Å²) >= 11 is 0. The van der Waals surface area contributed by atoms with Gasteiger partial charge in [-0.2, -0.15) is 0 Å². The normalized spacial score (nSPS) is 11.9. The van der Waals surface area contributed by atoms with E-state index in [1.54, 1.807) is 0 Å². The molecule has 6 heteroatoms. The Kier molecular flexibility index (Phi) is 38.4. The van der Waals surface area contributed by atoms with Crippen LogP contribution in [0.2, 0.25) is 0 Å². The molecule has 0 saturated carbocycles. The summed E-state index contributed by atoms with van der Waals surface area (Å²) in [5.74, 6) is -0.0354. The van der Waals surface area contributed by atoms with Crippen LogP contribution < -0.4 is 0 Å². The maximum Gasteiger partial charge on any atom is 0.306 e. The Labute approximate surface area is 317 Å². The van der Waals surface area contributed by atoms with Crippen LogP contribution in [-0.4, -0.2) is 37.2 Å². The van der Waals surface area contributed by atoms with Crippen molar-refractivity contribution in [2.24, 2.45) is 5.92 Å². The molecule has 0 bridgehead atoms. The predicted molar refractivity (Wildman–Crippen MR) is 215 cm³/mol. The molecule has 0 aromatic carbocycles. The van der Waals surface area contributed by atoms with E-state index in [1.165, 1.54) is 135 Å². The van der Waals surface area contributed by atoms with Crippen molar-refractivity contribution in [2.75, 3.05) is 13.2 Å². The minimum Gasteiger partial charge on any atom is -0.462 e. The first-order valence-electron chi connectivity index (χ1n) is 22.4. The van der Waals surface area contributed by atoms with Gasteiger partial charge in [0.25, 0.3) is 0 Å². The highest BCUT2D eigenvalue weighted by atomic mass is 16.6. The lowest BCUT2D eigenvalue weighted by Gasteiger charge is -2.18. The highest BCUT2D eigenvalue weighted by Crippen LogP contribution is 2.16. The summed E-state index contributed by atoms with van der Waals surface area (Å²) in [7, 11) is 0. The molecule has 0 fully saturated rings. The molecule has 0 aromatic rings. The summed E-state index contributed by atoms with van der Waals surface area (Å²) in [6.07, 6.45) is 38.3. The topological polar surface area (TPSA) is 78.9 Å². The molecule has 0 rings (SSSR count). The molecule has 0 unspecified atom stereocenters. The molecule has 0 aliphatic carbocycles. The van der Waals surface area contributed by atoms with Crippen molar-refractivity contribution in [1.82, 2.24) is 0 Å². The monoisotopic (exact) mass is 723 g/mol. The average Bonchev–Trinajstić information content (AvgIpc) is 3.11. The Morgan fingerprint density at radius 1 is 0.373 bits per heavy atom. The Balaban J connectivity index is 4.14. The zero-order valence-corrected chi connectivity index (χ0v) is 34.6. The lowest BCUT2D eigenvalue weighted by atomic mass is 10.0. The summed E-state index contributed by atoms with van der Waals surface area (Å²) in [6.45, 7) is 8.91. The van der Waals surface area contributed by atoms with Gasteiger partial charge in [-0.15, -0.1) is 0 Å². The second-order valence-corrected chi connectivity index (χ2v) is 15.8. The summed E-state index contributed by atoms with van der Waals surface area (Å²) in [5.41, 5.74) is 0. The van der Waals surface area contributed by atoms with Crippen LogP contribution in [0.15, 0.2) is 0 Å². The number of hydrogen-bond acceptors (Lipinski definition) is 6. The molecule has 0 radical (unpaired) electrons. The standard InChI is InChI=1S/C45H86O6/c1-5-7-9-11-12-13-14-15-19-22-25-29-32-36-43(46)49-39-42(51-45(48)38-34-27-10-8-6-2)40-50-44(47)37-33-30-26-23-20-17-16-18-21-24-28-31-35-41(3)4/h41-42H,5-40H2,1-4H3/t42-/m0/s1. The molecule has 0 aliphatic rings. The Bertz CT molecular complexity index is 766. The summed E-state index contributed by atoms with van der Waals surface area (Å²) in [6, 6.07) is 0. The van der Waals surface area contributed by atoms with E-state index in [-0.39, 0.29) is 31.1 Å². The van der Waals surface area contributed by atoms with Gasteiger partial charge in [0.15, 0.2) is 6.10 Å². The largest absolute Gasteiger partial charge is 0.462 e. The summed E-state index contributed by atoms with van der Waals surface area (Å²) in [5, 5.41) is 0. The van der Waals surface area contributed by atoms with Crippen LogP contribution in [0.1, 0.15) is 246 Å². The molecule has 6 nitrogen and oxygen atoms in total. The molecular formula is C45H86O6. The zero-order valence-electron chi connectivity index (χ0n) is 34.6. The minimum absolute atomic E-state index is 0.0652. The van der Waals surface area contributed by atoms with E-state index in [4.69, 9.17) is 14.2 Å². The van der Waals surface area contributed by atoms with Crippen molar-refractivity contribution in [2.45, 2.75) is 252 Å². The first-order chi connectivity index (χ1) is 24.9. The molecule has 1 atom stereocenters. The predicted octanol–water partition coefficient (Wildman–Crippen LogP) is 13.9. The smallest absolute Gasteiger partial charge is 0.306 e. The molecule has 0 amide bonds. The van der Waals surface area contributed by atoms with Crippen LogP contribution in [0.4, 0.5) is 0 Å². The van der Waals surface area contributed by atoms with Gasteiger partial charge >= 0.3 is 17.9 Å². The number of esters is 3. The van der Waals surface area contributed by atoms with Crippen LogP contribution in [0.5, 0.6) is 0 Å². The molecule has 302 valence electrons. The fourth-order valence-corrected chi connectivity index (χ4v) is 6.63. The Morgan fingerprint density at radius 2 is 0.647 bits per heavy atom. The van der Waals surface area contributed by atoms with Crippen LogP contribution in [0, 0.1) is 5.92 Å². The number of carbonyl (C=O) groups is 3. The van der Waals surface area contributed by atoms with Gasteiger partial charge in [-0.05, 0) is 25.2 Å². The molecule has 0 aromatic heterocycles. The van der Waals surface area contributed by atoms with Gasteiger partial charge in [0.2, 0.25) is 0 Å². The van der Waals surface area contributed by atoms with Gasteiger partial charge in [0, 0.05) is 19.3 Å². The number of unbranched alkanes of at least 4 members (excludes halogenated alkanes) is 27. The molecule has 51 heavy (non-hydrogen) atoms. The van der Waals surface area contributed by atoms with Gasteiger partial charge in [-0.25, -0.2) is 0 Å². The van der Waals surface area contributed by atoms with Gasteiger partial charge in [-0.1, -0.05) is 207 Å². The first-order valence-corrected chi connectivity index (χ1v) is 22.4. The van der Waals surface area contributed by atoms with Crippen molar-refractivity contribution >= 4 is 17.9 Å². The minimum atomic E-state index is -0.757. The van der Waals surface area contributed by atoms with Crippen molar-refractivity contribution in [3.8, 4) is 0 Å². The maximum atomic E-state index is 12.5. The van der Waals surface area contributed by atoms with Crippen molar-refractivity contribution in [3.63, 3.8) is 0 Å². The number of ether oxygens (including phenoxy) is 3. The lowest BCUT2D eigenvalue weighted by Crippen LogP contribution is -2.30. The van der Waals surface area contributed by atoms with Crippen molar-refractivity contribution in [1.29, 1.82) is 0 Å². The van der Waals surface area contributed by atoms with E-state index in [2.05, 4.69) is 27.7 Å². The van der Waals surface area contributed by atoms with Gasteiger partial charge in [-0.3, -0.25) is 14.4 Å². The SMILES string of the molecule is CCCCCCCCCCCCCCCC(=O)OC[C@@H](COC(=O)CCCCCCCCCCCCCCC(C)C)OC(=O)CCCCCCC. The van der Waals surface area contributed by atoms with Gasteiger partial charge in [0.05, 0.1) is 0 Å². The molecule has 0 N–H and O–H groups in total. The second kappa shape index (κ2) is 39.6. The van der Waals surface area contributed by atoms with Gasteiger partial charge in [0.1, 0.15) is 13.2 Å². The van der Waals surface area contributed by atoms with E-state index in [0.717, 1.165) is 70.1 Å². The highest BCUT2D eigenvalue weighted by molar-refractivity contribution is 5.71. The zero-order chi connectivity index (χ0) is 37.5. The lowest BCUT2D eigenvalue weighted by molar-refractivity contribution is -0.167. The Hall–Kier alpha value is -1.59. The number of rotatable bonds is 40. The number of carbonyl (C=O) groups excluding carboxylic acids is 3. The fraction of sp³-hybridized carbons (Fsp3) is 0.933. The second-order valence-electron chi connectivity index (χ2n) is 15.8. The van der Waals surface area contributed by atoms with Gasteiger partial charge < -0.3 is 14.2 Å². The van der Waals surface area contributed by atoms with E-state index in [1.807, 2.05) is 0 Å². The van der Waals surface area contributed by atoms with Crippen LogP contribution in [0.3, 0.4) is 0 Å². The maximum absolute atomic E-state index is 12.5. The summed E-state index contributed by atoms with van der Waals surface area (Å²) in [4.78, 5) is 37.4. The van der Waals surface area contributed by atoms with E-state index in [0.29, 0.717) is 19.3 Å². The van der Waals surface area contributed by atoms with Crippen molar-refractivity contribution in [3.05, 3.63) is 0 Å². The fourth-order valence-electron chi connectivity index (χ4n) is 6.63. The van der Waals surface area contributed by atoms with Crippen LogP contribution in [0.25, 0.3) is 0 Å². The van der Waals surface area contributed by atoms with E-state index in [9.17, 15) is 14.4 Å². The molecule has 0 heterocycles. The molecular weight excluding hydrogens is 636 g/mol. The van der Waals surface area contributed by atoms with Crippen LogP contribution in [-0.2, 0) is 28.6 Å². The number of hydrogen-bond donors (Lipinski definition) is 0. The third kappa shape index (κ3) is 39.5. The van der Waals surface area contributed by atoms with E-state index >= 15 is 0 Å². The van der Waals surface area contributed by atoms with Crippen molar-refractivity contribution < 1.29 is 28.6 Å².